The molecule has 0 saturated carbocycles. The third kappa shape index (κ3) is 4.27. The van der Waals surface area contributed by atoms with Gasteiger partial charge in [0.25, 0.3) is 0 Å². The molecule has 0 aliphatic rings. The van der Waals surface area contributed by atoms with E-state index < -0.39 is 0 Å². The van der Waals surface area contributed by atoms with Crippen LogP contribution in [-0.4, -0.2) is 5.11 Å². The van der Waals surface area contributed by atoms with Crippen LogP contribution < -0.4 is 16.2 Å². The lowest BCUT2D eigenvalue weighted by Gasteiger charge is -2.13. The molecule has 2 aromatic rings. The summed E-state index contributed by atoms with van der Waals surface area (Å²) in [7, 11) is 0. The molecule has 0 spiro atoms. The Bertz CT molecular complexity index is 632. The van der Waals surface area contributed by atoms with Crippen LogP contribution in [0.25, 0.3) is 0 Å². The Balaban J connectivity index is 1.90. The molecule has 20 heavy (non-hydrogen) atoms. The first-order valence-electron chi connectivity index (χ1n) is 5.89. The van der Waals surface area contributed by atoms with Crippen molar-refractivity contribution in [1.82, 2.24) is 5.43 Å². The van der Waals surface area contributed by atoms with E-state index in [1.165, 1.54) is 0 Å². The summed E-state index contributed by atoms with van der Waals surface area (Å²) in [6.07, 6.45) is 0. The second-order valence-electron chi connectivity index (χ2n) is 4.20. The summed E-state index contributed by atoms with van der Waals surface area (Å²) >= 11 is 17.0. The fraction of sp³-hybridized carbons (Fsp3) is 0.0714. The molecule has 3 N–H and O–H groups in total. The first-order chi connectivity index (χ1) is 9.54. The largest absolute Gasteiger partial charge is 0.331 e. The SMILES string of the molecule is Cc1cccc(NC(=S)NNc2ccc(Cl)c(Cl)c2)c1. The first kappa shape index (κ1) is 14.9. The minimum absolute atomic E-state index is 0.460. The Morgan fingerprint density at radius 2 is 1.80 bits per heavy atom. The maximum Gasteiger partial charge on any atom is 0.189 e. The lowest BCUT2D eigenvalue weighted by Crippen LogP contribution is -2.33. The summed E-state index contributed by atoms with van der Waals surface area (Å²) < 4.78 is 0. The number of hydrazine groups is 1. The number of hydrogen-bond donors (Lipinski definition) is 3. The number of rotatable bonds is 3. The molecule has 0 fully saturated rings. The van der Waals surface area contributed by atoms with E-state index in [0.717, 1.165) is 16.9 Å². The van der Waals surface area contributed by atoms with E-state index in [-0.39, 0.29) is 0 Å². The lowest BCUT2D eigenvalue weighted by atomic mass is 10.2. The van der Waals surface area contributed by atoms with Crippen LogP contribution in [0.15, 0.2) is 42.5 Å². The minimum atomic E-state index is 0.460. The summed E-state index contributed by atoms with van der Waals surface area (Å²) in [6, 6.07) is 13.2. The second-order valence-corrected chi connectivity index (χ2v) is 5.43. The van der Waals surface area contributed by atoms with E-state index >= 15 is 0 Å². The summed E-state index contributed by atoms with van der Waals surface area (Å²) in [5.74, 6) is 0. The van der Waals surface area contributed by atoms with Gasteiger partial charge in [-0.2, -0.15) is 0 Å². The van der Waals surface area contributed by atoms with Gasteiger partial charge in [0.05, 0.1) is 15.7 Å². The van der Waals surface area contributed by atoms with Crippen LogP contribution >= 0.6 is 35.4 Å². The Labute approximate surface area is 133 Å². The standard InChI is InChI=1S/C14H13Cl2N3S/c1-9-3-2-4-10(7-9)17-14(20)19-18-11-5-6-12(15)13(16)8-11/h2-8,18H,1H3,(H2,17,19,20). The maximum atomic E-state index is 5.93. The van der Waals surface area contributed by atoms with Gasteiger partial charge in [-0.3, -0.25) is 10.9 Å². The van der Waals surface area contributed by atoms with Crippen molar-refractivity contribution >= 4 is 51.9 Å². The molecule has 3 nitrogen and oxygen atoms in total. The van der Waals surface area contributed by atoms with Crippen molar-refractivity contribution in [3.05, 3.63) is 58.1 Å². The lowest BCUT2D eigenvalue weighted by molar-refractivity contribution is 1.14. The summed E-state index contributed by atoms with van der Waals surface area (Å²) in [5.41, 5.74) is 8.70. The molecule has 2 rings (SSSR count). The van der Waals surface area contributed by atoms with Gasteiger partial charge in [0.1, 0.15) is 0 Å². The molecular formula is C14H13Cl2N3S. The van der Waals surface area contributed by atoms with Crippen molar-refractivity contribution in [2.45, 2.75) is 6.92 Å². The van der Waals surface area contributed by atoms with Gasteiger partial charge >= 0.3 is 0 Å². The van der Waals surface area contributed by atoms with Gasteiger partial charge in [-0.05, 0) is 55.0 Å². The molecule has 6 heteroatoms. The van der Waals surface area contributed by atoms with Crippen LogP contribution in [0.4, 0.5) is 11.4 Å². The molecular weight excluding hydrogens is 313 g/mol. The molecule has 0 amide bonds. The summed E-state index contributed by atoms with van der Waals surface area (Å²) in [6.45, 7) is 2.02. The normalized spacial score (nSPS) is 9.95. The fourth-order valence-electron chi connectivity index (χ4n) is 1.59. The van der Waals surface area contributed by atoms with E-state index in [0.29, 0.717) is 15.2 Å². The predicted octanol–water partition coefficient (Wildman–Crippen LogP) is 4.62. The number of anilines is 2. The van der Waals surface area contributed by atoms with E-state index in [1.54, 1.807) is 18.2 Å². The molecule has 0 radical (unpaired) electrons. The molecule has 0 heterocycles. The average molecular weight is 326 g/mol. The maximum absolute atomic E-state index is 5.93. The molecule has 0 aliphatic heterocycles. The van der Waals surface area contributed by atoms with Crippen LogP contribution in [0.5, 0.6) is 0 Å². The monoisotopic (exact) mass is 325 g/mol. The van der Waals surface area contributed by atoms with Crippen LogP contribution in [0.3, 0.4) is 0 Å². The van der Waals surface area contributed by atoms with Gasteiger partial charge in [-0.15, -0.1) is 0 Å². The zero-order valence-electron chi connectivity index (χ0n) is 10.7. The summed E-state index contributed by atoms with van der Waals surface area (Å²) in [5, 5.41) is 4.53. The van der Waals surface area contributed by atoms with Crippen molar-refractivity contribution in [3.63, 3.8) is 0 Å². The van der Waals surface area contributed by atoms with Crippen LogP contribution in [0.1, 0.15) is 5.56 Å². The number of thiocarbonyl (C=S) groups is 1. The average Bonchev–Trinajstić information content (AvgIpc) is 2.40. The zero-order chi connectivity index (χ0) is 14.5. The van der Waals surface area contributed by atoms with Gasteiger partial charge in [0.15, 0.2) is 5.11 Å². The van der Waals surface area contributed by atoms with E-state index in [4.69, 9.17) is 35.4 Å². The van der Waals surface area contributed by atoms with Gasteiger partial charge in [0, 0.05) is 5.69 Å². The van der Waals surface area contributed by atoms with Gasteiger partial charge in [-0.1, -0.05) is 35.3 Å². The molecule has 2 aromatic carbocycles. The van der Waals surface area contributed by atoms with Crippen molar-refractivity contribution in [3.8, 4) is 0 Å². The number of nitrogens with one attached hydrogen (secondary N) is 3. The number of aryl methyl sites for hydroxylation is 1. The topological polar surface area (TPSA) is 36.1 Å². The van der Waals surface area contributed by atoms with Crippen LogP contribution in [0, 0.1) is 6.92 Å². The molecule has 0 saturated heterocycles. The number of hydrogen-bond acceptors (Lipinski definition) is 2. The van der Waals surface area contributed by atoms with E-state index in [1.807, 2.05) is 31.2 Å². The van der Waals surface area contributed by atoms with E-state index in [2.05, 4.69) is 16.2 Å². The zero-order valence-corrected chi connectivity index (χ0v) is 13.0. The minimum Gasteiger partial charge on any atom is -0.331 e. The first-order valence-corrected chi connectivity index (χ1v) is 7.06. The highest BCUT2D eigenvalue weighted by Gasteiger charge is 2.00. The molecule has 0 aromatic heterocycles. The smallest absolute Gasteiger partial charge is 0.189 e. The highest BCUT2D eigenvalue weighted by molar-refractivity contribution is 7.80. The van der Waals surface area contributed by atoms with Gasteiger partial charge in [0.2, 0.25) is 0 Å². The van der Waals surface area contributed by atoms with E-state index in [9.17, 15) is 0 Å². The van der Waals surface area contributed by atoms with Crippen molar-refractivity contribution in [2.75, 3.05) is 10.7 Å². The quantitative estimate of drug-likeness (QED) is 0.568. The fourth-order valence-corrected chi connectivity index (χ4v) is 2.05. The Morgan fingerprint density at radius 1 is 1.00 bits per heavy atom. The Morgan fingerprint density at radius 3 is 2.50 bits per heavy atom. The molecule has 0 atom stereocenters. The third-order valence-electron chi connectivity index (χ3n) is 2.52. The van der Waals surface area contributed by atoms with Crippen LogP contribution in [-0.2, 0) is 0 Å². The molecule has 0 aliphatic carbocycles. The van der Waals surface area contributed by atoms with Crippen LogP contribution in [0.2, 0.25) is 10.0 Å². The van der Waals surface area contributed by atoms with Crippen molar-refractivity contribution in [1.29, 1.82) is 0 Å². The third-order valence-corrected chi connectivity index (χ3v) is 3.46. The Hall–Kier alpha value is -1.49. The Kier molecular flexibility index (Phi) is 5.06. The van der Waals surface area contributed by atoms with Gasteiger partial charge in [-0.25, -0.2) is 0 Å². The number of benzene rings is 2. The van der Waals surface area contributed by atoms with Crippen molar-refractivity contribution in [2.24, 2.45) is 0 Å². The second kappa shape index (κ2) is 6.79. The number of halogens is 2. The van der Waals surface area contributed by atoms with Crippen molar-refractivity contribution < 1.29 is 0 Å². The van der Waals surface area contributed by atoms with Gasteiger partial charge < -0.3 is 5.32 Å². The molecule has 104 valence electrons. The molecule has 0 unspecified atom stereocenters. The molecule has 0 bridgehead atoms. The summed E-state index contributed by atoms with van der Waals surface area (Å²) in [4.78, 5) is 0. The highest BCUT2D eigenvalue weighted by atomic mass is 35.5. The predicted molar refractivity (Wildman–Crippen MR) is 90.6 cm³/mol. The highest BCUT2D eigenvalue weighted by Crippen LogP contribution is 2.24.